The van der Waals surface area contributed by atoms with Crippen molar-refractivity contribution in [2.45, 2.75) is 111 Å². The van der Waals surface area contributed by atoms with Crippen LogP contribution in [0, 0.1) is 23.1 Å². The Morgan fingerprint density at radius 2 is 1.81 bits per heavy atom. The van der Waals surface area contributed by atoms with Crippen LogP contribution in [0.3, 0.4) is 0 Å². The third-order valence-corrected chi connectivity index (χ3v) is 9.41. The lowest BCUT2D eigenvalue weighted by atomic mass is 9.79. The lowest BCUT2D eigenvalue weighted by Crippen LogP contribution is -2.50. The summed E-state index contributed by atoms with van der Waals surface area (Å²) in [7, 11) is 0. The van der Waals surface area contributed by atoms with Crippen LogP contribution in [0.2, 0.25) is 0 Å². The Hall–Kier alpha value is -3.27. The molecule has 10 heteroatoms. The molecule has 1 aromatic heterocycles. The van der Waals surface area contributed by atoms with E-state index in [9.17, 15) is 14.4 Å². The average Bonchev–Trinajstić information content (AvgIpc) is 3.56. The zero-order valence-corrected chi connectivity index (χ0v) is 26.3. The van der Waals surface area contributed by atoms with Gasteiger partial charge in [0.15, 0.2) is 0 Å². The monoisotopic (exact) mass is 596 g/mol. The van der Waals surface area contributed by atoms with Gasteiger partial charge in [0, 0.05) is 38.2 Å². The van der Waals surface area contributed by atoms with Crippen LogP contribution < -0.4 is 21.3 Å². The topological polar surface area (TPSA) is 117 Å². The van der Waals surface area contributed by atoms with E-state index in [0.717, 1.165) is 50.8 Å². The van der Waals surface area contributed by atoms with Gasteiger partial charge in [0.1, 0.15) is 11.9 Å². The van der Waals surface area contributed by atoms with E-state index in [-0.39, 0.29) is 41.2 Å². The number of hydrogen-bond acceptors (Lipinski definition) is 5. The van der Waals surface area contributed by atoms with Gasteiger partial charge in [-0.25, -0.2) is 4.39 Å². The first kappa shape index (κ1) is 32.6. The molecule has 4 N–H and O–H groups in total. The number of nitrogens with zero attached hydrogens (tertiary/aromatic N) is 2. The minimum absolute atomic E-state index is 0.0933. The molecule has 2 aliphatic carbocycles. The fraction of sp³-hybridized carbons (Fsp3) is 0.636. The van der Waals surface area contributed by atoms with Gasteiger partial charge in [-0.05, 0) is 73.6 Å². The van der Waals surface area contributed by atoms with E-state index in [2.05, 4.69) is 40.2 Å². The Morgan fingerprint density at radius 1 is 1.09 bits per heavy atom. The van der Waals surface area contributed by atoms with Gasteiger partial charge >= 0.3 is 0 Å². The number of halogens is 1. The summed E-state index contributed by atoms with van der Waals surface area (Å²) in [5.41, 5.74) is 1.77. The van der Waals surface area contributed by atoms with Crippen LogP contribution >= 0.6 is 0 Å². The normalized spacial score (nSPS) is 21.3. The molecule has 1 heterocycles. The van der Waals surface area contributed by atoms with Gasteiger partial charge in [-0.3, -0.25) is 24.4 Å². The van der Waals surface area contributed by atoms with E-state index < -0.39 is 23.8 Å². The summed E-state index contributed by atoms with van der Waals surface area (Å²) in [6.45, 7) is 11.7. The summed E-state index contributed by atoms with van der Waals surface area (Å²) in [4.78, 5) is 39.0. The molecule has 2 aliphatic rings. The first-order chi connectivity index (χ1) is 20.5. The Bertz CT molecular complexity index is 1270. The van der Waals surface area contributed by atoms with E-state index in [1.54, 1.807) is 32.2 Å². The molecule has 2 aromatic rings. The van der Waals surface area contributed by atoms with Crippen molar-refractivity contribution < 1.29 is 18.8 Å². The maximum atomic E-state index is 15.5. The fourth-order valence-electron chi connectivity index (χ4n) is 5.91. The van der Waals surface area contributed by atoms with Crippen LogP contribution in [-0.2, 0) is 27.5 Å². The van der Waals surface area contributed by atoms with Crippen molar-refractivity contribution >= 4 is 23.4 Å². The molecule has 3 amide bonds. The van der Waals surface area contributed by atoms with Crippen molar-refractivity contribution in [3.8, 4) is 0 Å². The quantitative estimate of drug-likeness (QED) is 0.248. The smallest absolute Gasteiger partial charge is 0.243 e. The molecule has 0 unspecified atom stereocenters. The second-order valence-electron chi connectivity index (χ2n) is 13.0. The van der Waals surface area contributed by atoms with Gasteiger partial charge in [0.25, 0.3) is 0 Å². The maximum Gasteiger partial charge on any atom is 0.243 e. The number of rotatable bonds is 14. The molecule has 2 fully saturated rings. The zero-order valence-electron chi connectivity index (χ0n) is 26.3. The molecule has 0 radical (unpaired) electrons. The first-order valence-corrected chi connectivity index (χ1v) is 15.9. The predicted molar refractivity (Wildman–Crippen MR) is 166 cm³/mol. The third kappa shape index (κ3) is 8.65. The van der Waals surface area contributed by atoms with Gasteiger partial charge in [-0.2, -0.15) is 5.10 Å². The number of benzene rings is 1. The lowest BCUT2D eigenvalue weighted by molar-refractivity contribution is -0.129. The standard InChI is InChI=1S/C33H49FN6O3/c1-6-28(41)39-29(31(42)36-20-33(5)15-16-33)22(4)24-12-13-27(26(34)18-24)38-32(43)30(23-10-8-21(3)9-11-23)35-19-25-14-17-37-40(25)7-2/h12-14,17-18,21-23,29-30,35H,6-11,15-16,19-20H2,1-5H3,(H,36,42)(H,38,43)(H,39,41)/t21-,22-,23-,29+,30-/m0/s1. The molecule has 0 saturated heterocycles. The van der Waals surface area contributed by atoms with E-state index in [4.69, 9.17) is 0 Å². The Kier molecular flexibility index (Phi) is 11.0. The van der Waals surface area contributed by atoms with Crippen LogP contribution in [0.25, 0.3) is 0 Å². The number of nitrogens with one attached hydrogen (secondary N) is 4. The van der Waals surface area contributed by atoms with Gasteiger partial charge in [0.2, 0.25) is 17.7 Å². The predicted octanol–water partition coefficient (Wildman–Crippen LogP) is 4.88. The van der Waals surface area contributed by atoms with Crippen LogP contribution in [0.4, 0.5) is 10.1 Å². The summed E-state index contributed by atoms with van der Waals surface area (Å²) in [5, 5.41) is 16.4. The Labute approximate surface area is 255 Å². The van der Waals surface area contributed by atoms with Crippen LogP contribution in [0.5, 0.6) is 0 Å². The molecule has 1 aromatic carbocycles. The molecule has 3 atom stereocenters. The van der Waals surface area contributed by atoms with Crippen LogP contribution in [-0.4, -0.2) is 46.1 Å². The van der Waals surface area contributed by atoms with Gasteiger partial charge in [-0.15, -0.1) is 0 Å². The number of carbonyl (C=O) groups excluding carboxylic acids is 3. The number of anilines is 1. The number of amides is 3. The molecule has 0 spiro atoms. The van der Waals surface area contributed by atoms with Crippen molar-refractivity contribution in [2.24, 2.45) is 17.3 Å². The summed E-state index contributed by atoms with van der Waals surface area (Å²) >= 11 is 0. The second-order valence-corrected chi connectivity index (χ2v) is 13.0. The minimum Gasteiger partial charge on any atom is -0.354 e. The molecule has 0 aliphatic heterocycles. The number of aryl methyl sites for hydroxylation is 1. The first-order valence-electron chi connectivity index (χ1n) is 15.9. The molecule has 0 bridgehead atoms. The highest BCUT2D eigenvalue weighted by molar-refractivity contribution is 5.95. The van der Waals surface area contributed by atoms with Crippen molar-refractivity contribution in [1.82, 2.24) is 25.7 Å². The van der Waals surface area contributed by atoms with E-state index >= 15 is 4.39 Å². The molecule has 4 rings (SSSR count). The van der Waals surface area contributed by atoms with Gasteiger partial charge < -0.3 is 16.0 Å². The minimum atomic E-state index is -0.839. The van der Waals surface area contributed by atoms with Crippen molar-refractivity contribution in [3.05, 3.63) is 47.5 Å². The molecule has 9 nitrogen and oxygen atoms in total. The van der Waals surface area contributed by atoms with Crippen LogP contribution in [0.1, 0.15) is 96.7 Å². The Balaban J connectivity index is 1.47. The van der Waals surface area contributed by atoms with E-state index in [1.807, 2.05) is 17.7 Å². The van der Waals surface area contributed by atoms with Crippen molar-refractivity contribution in [3.63, 3.8) is 0 Å². The number of hydrogen-bond donors (Lipinski definition) is 4. The molecular weight excluding hydrogens is 547 g/mol. The third-order valence-electron chi connectivity index (χ3n) is 9.41. The number of aromatic nitrogens is 2. The van der Waals surface area contributed by atoms with E-state index in [0.29, 0.717) is 24.6 Å². The molecule has 43 heavy (non-hydrogen) atoms. The van der Waals surface area contributed by atoms with Crippen molar-refractivity contribution in [1.29, 1.82) is 0 Å². The SMILES string of the molecule is CCC(=O)N[C@@H](C(=O)NCC1(C)CC1)[C@@H](C)c1ccc(NC(=O)[C@@H](NCc2ccnn2CC)[C@H]2CC[C@H](C)CC2)c(F)c1. The van der Waals surface area contributed by atoms with Gasteiger partial charge in [0.05, 0.1) is 17.4 Å². The van der Waals surface area contributed by atoms with E-state index in [1.165, 1.54) is 6.07 Å². The highest BCUT2D eigenvalue weighted by atomic mass is 19.1. The maximum absolute atomic E-state index is 15.5. The largest absolute Gasteiger partial charge is 0.354 e. The highest BCUT2D eigenvalue weighted by Gasteiger charge is 2.38. The molecule has 236 valence electrons. The second kappa shape index (κ2) is 14.5. The summed E-state index contributed by atoms with van der Waals surface area (Å²) in [6.07, 6.45) is 8.11. The summed E-state index contributed by atoms with van der Waals surface area (Å²) in [6, 6.07) is 5.24. The fourth-order valence-corrected chi connectivity index (χ4v) is 5.91. The van der Waals surface area contributed by atoms with Crippen LogP contribution in [0.15, 0.2) is 30.5 Å². The highest BCUT2D eigenvalue weighted by Crippen LogP contribution is 2.44. The zero-order chi connectivity index (χ0) is 31.1. The average molecular weight is 597 g/mol. The van der Waals surface area contributed by atoms with Crippen molar-refractivity contribution in [2.75, 3.05) is 11.9 Å². The van der Waals surface area contributed by atoms with Gasteiger partial charge in [-0.1, -0.05) is 46.6 Å². The Morgan fingerprint density at radius 3 is 2.44 bits per heavy atom. The number of carbonyl (C=O) groups is 3. The molecular formula is C33H49FN6O3. The lowest BCUT2D eigenvalue weighted by Gasteiger charge is -2.32. The summed E-state index contributed by atoms with van der Waals surface area (Å²) < 4.78 is 17.4. The summed E-state index contributed by atoms with van der Waals surface area (Å²) in [5.74, 6) is -1.06. The molecule has 2 saturated carbocycles.